The lowest BCUT2D eigenvalue weighted by atomic mass is 10.2. The van der Waals surface area contributed by atoms with Gasteiger partial charge >= 0.3 is 5.97 Å². The van der Waals surface area contributed by atoms with Gasteiger partial charge in [-0.1, -0.05) is 25.6 Å². The first-order valence-corrected chi connectivity index (χ1v) is 6.35. The van der Waals surface area contributed by atoms with Crippen LogP contribution in [0.25, 0.3) is 0 Å². The fraction of sp³-hybridized carbons (Fsp3) is 0.700. The second kappa shape index (κ2) is 5.90. The van der Waals surface area contributed by atoms with E-state index in [0.29, 0.717) is 11.1 Å². The number of rotatable bonds is 6. The number of hydrogen-bond donors (Lipinski definition) is 1. The molecule has 1 N–H and O–H groups in total. The summed E-state index contributed by atoms with van der Waals surface area (Å²) in [6, 6.07) is 0. The van der Waals surface area contributed by atoms with Gasteiger partial charge in [0.15, 0.2) is 5.16 Å². The van der Waals surface area contributed by atoms with Crippen molar-refractivity contribution in [3.8, 4) is 0 Å². The molecule has 0 aliphatic rings. The molecule has 0 unspecified atom stereocenters. The maximum Gasteiger partial charge on any atom is 0.313 e. The molecule has 6 nitrogen and oxygen atoms in total. The SMILES string of the molecule is CC(C)CN(C)c1nnc(SCC(=O)O)n1C. The number of carboxylic acids is 1. The van der Waals surface area contributed by atoms with Gasteiger partial charge in [0.2, 0.25) is 5.95 Å². The Bertz CT molecular complexity index is 392. The minimum atomic E-state index is -0.852. The number of anilines is 1. The highest BCUT2D eigenvalue weighted by Crippen LogP contribution is 2.19. The lowest BCUT2D eigenvalue weighted by Gasteiger charge is -2.19. The summed E-state index contributed by atoms with van der Waals surface area (Å²) in [5.74, 6) is 0.438. The van der Waals surface area contributed by atoms with E-state index in [-0.39, 0.29) is 5.75 Å². The molecule has 0 aliphatic carbocycles. The third-order valence-electron chi connectivity index (χ3n) is 2.12. The highest BCUT2D eigenvalue weighted by Gasteiger charge is 2.14. The Morgan fingerprint density at radius 1 is 1.53 bits per heavy atom. The average molecular weight is 258 g/mol. The topological polar surface area (TPSA) is 71.2 Å². The Labute approximate surface area is 105 Å². The summed E-state index contributed by atoms with van der Waals surface area (Å²) >= 11 is 1.18. The fourth-order valence-corrected chi connectivity index (χ4v) is 2.15. The zero-order chi connectivity index (χ0) is 13.0. The lowest BCUT2D eigenvalue weighted by molar-refractivity contribution is -0.133. The van der Waals surface area contributed by atoms with Crippen molar-refractivity contribution in [3.63, 3.8) is 0 Å². The zero-order valence-electron chi connectivity index (χ0n) is 10.5. The third kappa shape index (κ3) is 3.92. The second-order valence-electron chi connectivity index (χ2n) is 4.30. The fourth-order valence-electron chi connectivity index (χ4n) is 1.52. The predicted octanol–water partition coefficient (Wildman–Crippen LogP) is 1.08. The summed E-state index contributed by atoms with van der Waals surface area (Å²) in [5.41, 5.74) is 0. The highest BCUT2D eigenvalue weighted by atomic mass is 32.2. The van der Waals surface area contributed by atoms with E-state index >= 15 is 0 Å². The number of carboxylic acid groups (broad SMARTS) is 1. The number of carbonyl (C=O) groups is 1. The van der Waals surface area contributed by atoms with Crippen LogP contribution in [0.1, 0.15) is 13.8 Å². The van der Waals surface area contributed by atoms with Crippen LogP contribution in [0.2, 0.25) is 0 Å². The molecule has 7 heteroatoms. The molecule has 1 rings (SSSR count). The van der Waals surface area contributed by atoms with Crippen molar-refractivity contribution in [3.05, 3.63) is 0 Å². The van der Waals surface area contributed by atoms with Gasteiger partial charge in [-0.05, 0) is 5.92 Å². The summed E-state index contributed by atoms with van der Waals surface area (Å²) in [6.07, 6.45) is 0. The third-order valence-corrected chi connectivity index (χ3v) is 3.12. The first-order chi connectivity index (χ1) is 7.91. The van der Waals surface area contributed by atoms with Gasteiger partial charge in [-0.15, -0.1) is 10.2 Å². The van der Waals surface area contributed by atoms with Gasteiger partial charge < -0.3 is 10.0 Å². The Morgan fingerprint density at radius 3 is 2.71 bits per heavy atom. The predicted molar refractivity (Wildman–Crippen MR) is 67.5 cm³/mol. The molecular formula is C10H18N4O2S. The van der Waals surface area contributed by atoms with Crippen molar-refractivity contribution in [1.29, 1.82) is 0 Å². The van der Waals surface area contributed by atoms with Crippen LogP contribution in [0.3, 0.4) is 0 Å². The van der Waals surface area contributed by atoms with Crippen LogP contribution in [0, 0.1) is 5.92 Å². The maximum atomic E-state index is 10.5. The van der Waals surface area contributed by atoms with E-state index in [0.717, 1.165) is 12.5 Å². The van der Waals surface area contributed by atoms with Gasteiger partial charge in [-0.2, -0.15) is 0 Å². The maximum absolute atomic E-state index is 10.5. The Balaban J connectivity index is 2.72. The minimum Gasteiger partial charge on any atom is -0.481 e. The van der Waals surface area contributed by atoms with Crippen LogP contribution in [0.5, 0.6) is 0 Å². The molecule has 1 aromatic rings. The van der Waals surface area contributed by atoms with E-state index in [1.165, 1.54) is 11.8 Å². The van der Waals surface area contributed by atoms with E-state index < -0.39 is 5.97 Å². The zero-order valence-corrected chi connectivity index (χ0v) is 11.4. The first kappa shape index (κ1) is 13.8. The number of aromatic nitrogens is 3. The van der Waals surface area contributed by atoms with Crippen molar-refractivity contribution in [2.75, 3.05) is 24.2 Å². The Hall–Kier alpha value is -1.24. The number of nitrogens with zero attached hydrogens (tertiary/aromatic N) is 4. The summed E-state index contributed by atoms with van der Waals surface area (Å²) in [6.45, 7) is 5.15. The summed E-state index contributed by atoms with van der Waals surface area (Å²) in [5, 5.41) is 17.3. The minimum absolute atomic E-state index is 0.000131. The monoisotopic (exact) mass is 258 g/mol. The molecule has 17 heavy (non-hydrogen) atoms. The normalized spacial score (nSPS) is 10.9. The highest BCUT2D eigenvalue weighted by molar-refractivity contribution is 7.99. The van der Waals surface area contributed by atoms with Crippen molar-refractivity contribution >= 4 is 23.7 Å². The van der Waals surface area contributed by atoms with Gasteiger partial charge in [0.25, 0.3) is 0 Å². The second-order valence-corrected chi connectivity index (χ2v) is 5.24. The van der Waals surface area contributed by atoms with Gasteiger partial charge in [0.1, 0.15) is 0 Å². The van der Waals surface area contributed by atoms with Crippen LogP contribution in [-0.4, -0.2) is 45.2 Å². The van der Waals surface area contributed by atoms with Gasteiger partial charge in [0.05, 0.1) is 5.75 Å². The lowest BCUT2D eigenvalue weighted by Crippen LogP contribution is -2.25. The van der Waals surface area contributed by atoms with Crippen molar-refractivity contribution in [1.82, 2.24) is 14.8 Å². The molecule has 1 heterocycles. The van der Waals surface area contributed by atoms with E-state index in [2.05, 4.69) is 24.0 Å². The van der Waals surface area contributed by atoms with Crippen LogP contribution >= 0.6 is 11.8 Å². The molecule has 0 bridgehead atoms. The molecular weight excluding hydrogens is 240 g/mol. The molecule has 0 spiro atoms. The van der Waals surface area contributed by atoms with E-state index in [1.807, 2.05) is 23.6 Å². The van der Waals surface area contributed by atoms with E-state index in [1.54, 1.807) is 0 Å². The molecule has 96 valence electrons. The van der Waals surface area contributed by atoms with Crippen molar-refractivity contribution in [2.45, 2.75) is 19.0 Å². The summed E-state index contributed by atoms with van der Waals surface area (Å²) in [4.78, 5) is 12.5. The quantitative estimate of drug-likeness (QED) is 0.770. The summed E-state index contributed by atoms with van der Waals surface area (Å²) < 4.78 is 1.82. The molecule has 0 amide bonds. The Kier molecular flexibility index (Phi) is 4.80. The molecule has 0 saturated heterocycles. The number of thioether (sulfide) groups is 1. The van der Waals surface area contributed by atoms with Gasteiger partial charge in [-0.25, -0.2) is 0 Å². The Morgan fingerprint density at radius 2 is 2.18 bits per heavy atom. The average Bonchev–Trinajstić information content (AvgIpc) is 2.55. The standard InChI is InChI=1S/C10H18N4O2S/c1-7(2)5-13(3)9-11-12-10(14(9)4)17-6-8(15)16/h7H,5-6H2,1-4H3,(H,15,16). The molecule has 0 aromatic carbocycles. The van der Waals surface area contributed by atoms with Crippen LogP contribution in [0.4, 0.5) is 5.95 Å². The van der Waals surface area contributed by atoms with Crippen LogP contribution in [-0.2, 0) is 11.8 Å². The van der Waals surface area contributed by atoms with E-state index in [9.17, 15) is 4.79 Å². The number of hydrogen-bond acceptors (Lipinski definition) is 5. The molecule has 0 atom stereocenters. The molecule has 1 aromatic heterocycles. The molecule has 0 saturated carbocycles. The molecule has 0 aliphatic heterocycles. The van der Waals surface area contributed by atoms with Gasteiger partial charge in [0, 0.05) is 20.6 Å². The smallest absolute Gasteiger partial charge is 0.313 e. The number of aliphatic carboxylic acids is 1. The molecule has 0 radical (unpaired) electrons. The van der Waals surface area contributed by atoms with Crippen molar-refractivity contribution < 1.29 is 9.90 Å². The summed E-state index contributed by atoms with van der Waals surface area (Å²) in [7, 11) is 3.80. The van der Waals surface area contributed by atoms with Crippen LogP contribution in [0.15, 0.2) is 5.16 Å². The first-order valence-electron chi connectivity index (χ1n) is 5.37. The molecule has 0 fully saturated rings. The van der Waals surface area contributed by atoms with E-state index in [4.69, 9.17) is 5.11 Å². The van der Waals surface area contributed by atoms with Gasteiger partial charge in [-0.3, -0.25) is 9.36 Å². The van der Waals surface area contributed by atoms with Crippen molar-refractivity contribution in [2.24, 2.45) is 13.0 Å². The largest absolute Gasteiger partial charge is 0.481 e. The van der Waals surface area contributed by atoms with Crippen LogP contribution < -0.4 is 4.90 Å².